The molecule has 0 saturated heterocycles. The van der Waals surface area contributed by atoms with Crippen LogP contribution in [0.25, 0.3) is 21.5 Å². The Balaban J connectivity index is 0.000000226. The minimum atomic E-state index is -0.950. The van der Waals surface area contributed by atoms with Crippen LogP contribution in [0.3, 0.4) is 0 Å². The Kier molecular flexibility index (Phi) is 9.22. The van der Waals surface area contributed by atoms with E-state index in [4.69, 9.17) is 21.3 Å². The molecule has 0 bridgehead atoms. The van der Waals surface area contributed by atoms with Crippen molar-refractivity contribution in [3.63, 3.8) is 0 Å². The number of aromatic carboxylic acids is 1. The number of carboxylic acid groups (broad SMARTS) is 1. The third kappa shape index (κ3) is 7.60. The van der Waals surface area contributed by atoms with E-state index in [1.54, 1.807) is 30.3 Å². The average Bonchev–Trinajstić information content (AvgIpc) is 2.78. The van der Waals surface area contributed by atoms with E-state index in [1.165, 1.54) is 5.57 Å². The summed E-state index contributed by atoms with van der Waals surface area (Å²) in [6, 6.07) is 21.6. The van der Waals surface area contributed by atoms with Gasteiger partial charge in [-0.05, 0) is 69.7 Å². The van der Waals surface area contributed by atoms with Crippen LogP contribution in [0.4, 0.5) is 11.4 Å². The first kappa shape index (κ1) is 27.9. The molecule has 0 amide bonds. The number of benzene rings is 4. The highest BCUT2D eigenvalue weighted by Gasteiger charge is 2.20. The molecule has 4 aromatic carbocycles. The van der Waals surface area contributed by atoms with Crippen LogP contribution in [-0.2, 0) is 4.74 Å². The predicted octanol–water partition coefficient (Wildman–Crippen LogP) is 7.08. The number of rotatable bonds is 2. The fourth-order valence-corrected chi connectivity index (χ4v) is 3.42. The number of anilines is 2. The molecule has 0 aliphatic rings. The lowest BCUT2D eigenvalue weighted by Gasteiger charge is -2.20. The molecule has 0 aromatic heterocycles. The van der Waals surface area contributed by atoms with Crippen molar-refractivity contribution in [1.82, 2.24) is 0 Å². The van der Waals surface area contributed by atoms with Gasteiger partial charge in [-0.15, -0.1) is 6.58 Å². The number of ether oxygens (including phenoxy) is 1. The summed E-state index contributed by atoms with van der Waals surface area (Å²) in [5, 5.41) is 12.1. The lowest BCUT2D eigenvalue weighted by atomic mass is 10.0. The van der Waals surface area contributed by atoms with Gasteiger partial charge in [-0.2, -0.15) is 0 Å². The van der Waals surface area contributed by atoms with E-state index in [1.807, 2.05) is 77.1 Å². The summed E-state index contributed by atoms with van der Waals surface area (Å²) in [6.07, 6.45) is 0. The van der Waals surface area contributed by atoms with Crippen LogP contribution in [0, 0.1) is 0 Å². The standard InChI is InChI=1S/C15H17NO2.C11H9NO2.C4H8/c1-15(2,3)18-14(17)11-8-4-6-10-7-5-9-12(16)13(10)11;12-9-6-2-4-7-3-1-5-8(10(7)9)11(13)14;1-4(2)3/h4-9H,16H2,1-3H3;1-6H,12H2,(H,13,14);1H2,2-3H3. The van der Waals surface area contributed by atoms with Crippen molar-refractivity contribution < 1.29 is 19.4 Å². The molecule has 5 N–H and O–H groups in total. The summed E-state index contributed by atoms with van der Waals surface area (Å²) < 4.78 is 5.39. The molecule has 0 heterocycles. The lowest BCUT2D eigenvalue weighted by molar-refractivity contribution is 0.00716. The van der Waals surface area contributed by atoms with Crippen molar-refractivity contribution in [2.45, 2.75) is 40.2 Å². The number of esters is 1. The van der Waals surface area contributed by atoms with Crippen molar-refractivity contribution in [3.05, 3.63) is 96.1 Å². The van der Waals surface area contributed by atoms with Gasteiger partial charge in [0.1, 0.15) is 5.60 Å². The van der Waals surface area contributed by atoms with E-state index in [0.717, 1.165) is 16.2 Å². The van der Waals surface area contributed by atoms with Gasteiger partial charge in [0.2, 0.25) is 0 Å². The molecule has 6 heteroatoms. The van der Waals surface area contributed by atoms with Gasteiger partial charge in [0.25, 0.3) is 0 Å². The fourth-order valence-electron chi connectivity index (χ4n) is 3.42. The minimum Gasteiger partial charge on any atom is -0.478 e. The van der Waals surface area contributed by atoms with E-state index in [9.17, 15) is 9.59 Å². The molecular formula is C30H34N2O4. The number of nitrogen functional groups attached to an aromatic ring is 2. The molecule has 0 aliphatic carbocycles. The van der Waals surface area contributed by atoms with Gasteiger partial charge in [-0.25, -0.2) is 9.59 Å². The molecule has 6 nitrogen and oxygen atoms in total. The van der Waals surface area contributed by atoms with Crippen LogP contribution in [0.5, 0.6) is 0 Å². The van der Waals surface area contributed by atoms with E-state index in [-0.39, 0.29) is 11.5 Å². The zero-order chi connectivity index (χ0) is 27.0. The van der Waals surface area contributed by atoms with Crippen molar-refractivity contribution in [3.8, 4) is 0 Å². The van der Waals surface area contributed by atoms with E-state index >= 15 is 0 Å². The Morgan fingerprint density at radius 3 is 1.50 bits per heavy atom. The van der Waals surface area contributed by atoms with Gasteiger partial charge in [-0.1, -0.05) is 54.1 Å². The number of carbonyl (C=O) groups is 2. The van der Waals surface area contributed by atoms with Crippen molar-refractivity contribution in [2.24, 2.45) is 0 Å². The number of hydrogen-bond acceptors (Lipinski definition) is 5. The normalized spacial score (nSPS) is 10.5. The monoisotopic (exact) mass is 486 g/mol. The number of fused-ring (bicyclic) bond motifs is 2. The Hall–Kier alpha value is -4.32. The zero-order valence-electron chi connectivity index (χ0n) is 21.5. The summed E-state index contributed by atoms with van der Waals surface area (Å²) in [5.74, 6) is -1.29. The highest BCUT2D eigenvalue weighted by molar-refractivity contribution is 6.09. The molecular weight excluding hydrogens is 452 g/mol. The summed E-state index contributed by atoms with van der Waals surface area (Å²) in [7, 11) is 0. The van der Waals surface area contributed by atoms with Gasteiger partial charge in [-0.3, -0.25) is 0 Å². The highest BCUT2D eigenvalue weighted by atomic mass is 16.6. The van der Waals surface area contributed by atoms with Crippen molar-refractivity contribution in [1.29, 1.82) is 0 Å². The van der Waals surface area contributed by atoms with Crippen molar-refractivity contribution >= 4 is 44.9 Å². The summed E-state index contributed by atoms with van der Waals surface area (Å²) >= 11 is 0. The molecule has 0 atom stereocenters. The number of carboxylic acids is 1. The highest BCUT2D eigenvalue weighted by Crippen LogP contribution is 2.27. The quantitative estimate of drug-likeness (QED) is 0.158. The summed E-state index contributed by atoms with van der Waals surface area (Å²) in [4.78, 5) is 23.1. The van der Waals surface area contributed by atoms with Crippen LogP contribution >= 0.6 is 0 Å². The minimum absolute atomic E-state index is 0.251. The topological polar surface area (TPSA) is 116 Å². The zero-order valence-corrected chi connectivity index (χ0v) is 21.5. The van der Waals surface area contributed by atoms with Crippen LogP contribution in [0.15, 0.2) is 84.9 Å². The third-order valence-corrected chi connectivity index (χ3v) is 4.72. The number of nitrogens with two attached hydrogens (primary N) is 2. The first-order valence-corrected chi connectivity index (χ1v) is 11.4. The Morgan fingerprint density at radius 2 is 1.11 bits per heavy atom. The molecule has 0 fully saturated rings. The largest absolute Gasteiger partial charge is 0.478 e. The molecule has 4 aromatic rings. The summed E-state index contributed by atoms with van der Waals surface area (Å²) in [5.41, 5.74) is 14.2. The maximum Gasteiger partial charge on any atom is 0.339 e. The van der Waals surface area contributed by atoms with Gasteiger partial charge < -0.3 is 21.3 Å². The number of hydrogen-bond donors (Lipinski definition) is 3. The second-order valence-corrected chi connectivity index (χ2v) is 9.52. The lowest BCUT2D eigenvalue weighted by Crippen LogP contribution is -2.24. The Bertz CT molecular complexity index is 1390. The second kappa shape index (κ2) is 11.9. The molecule has 0 radical (unpaired) electrons. The maximum atomic E-state index is 12.1. The predicted molar refractivity (Wildman–Crippen MR) is 149 cm³/mol. The molecule has 0 saturated carbocycles. The fraction of sp³-hybridized carbons (Fsp3) is 0.200. The maximum absolute atomic E-state index is 12.1. The van der Waals surface area contributed by atoms with E-state index < -0.39 is 11.6 Å². The van der Waals surface area contributed by atoms with E-state index in [2.05, 4.69) is 6.58 Å². The molecule has 4 rings (SSSR count). The van der Waals surface area contributed by atoms with Crippen LogP contribution in [-0.4, -0.2) is 22.6 Å². The van der Waals surface area contributed by atoms with Gasteiger partial charge in [0.05, 0.1) is 11.1 Å². The first-order valence-electron chi connectivity index (χ1n) is 11.4. The Morgan fingerprint density at radius 1 is 0.750 bits per heavy atom. The Labute approximate surface area is 212 Å². The van der Waals surface area contributed by atoms with Crippen molar-refractivity contribution in [2.75, 3.05) is 11.5 Å². The molecule has 188 valence electrons. The van der Waals surface area contributed by atoms with Crippen LogP contribution in [0.2, 0.25) is 0 Å². The summed E-state index contributed by atoms with van der Waals surface area (Å²) in [6.45, 7) is 13.0. The first-order chi connectivity index (χ1) is 16.8. The average molecular weight is 487 g/mol. The molecule has 0 unspecified atom stereocenters. The SMILES string of the molecule is C=C(C)C.CC(C)(C)OC(=O)c1cccc2cccc(N)c12.Nc1cccc2cccc(C(=O)O)c12. The van der Waals surface area contributed by atoms with Gasteiger partial charge >= 0.3 is 11.9 Å². The molecule has 0 spiro atoms. The van der Waals surface area contributed by atoms with Gasteiger partial charge in [0.15, 0.2) is 0 Å². The van der Waals surface area contributed by atoms with E-state index in [0.29, 0.717) is 22.3 Å². The van der Waals surface area contributed by atoms with Gasteiger partial charge in [0, 0.05) is 22.1 Å². The number of carbonyl (C=O) groups excluding carboxylic acids is 1. The number of allylic oxidation sites excluding steroid dienone is 1. The van der Waals surface area contributed by atoms with Crippen LogP contribution in [0.1, 0.15) is 55.3 Å². The second-order valence-electron chi connectivity index (χ2n) is 9.52. The molecule has 0 aliphatic heterocycles. The van der Waals surface area contributed by atoms with Crippen LogP contribution < -0.4 is 11.5 Å². The third-order valence-electron chi connectivity index (χ3n) is 4.72. The smallest absolute Gasteiger partial charge is 0.339 e. The molecule has 36 heavy (non-hydrogen) atoms.